The first-order valence-corrected chi connectivity index (χ1v) is 6.66. The molecule has 0 aliphatic carbocycles. The number of carbonyl (C=O) groups is 1. The molecule has 0 saturated heterocycles. The second kappa shape index (κ2) is 8.19. The Balaban J connectivity index is 0.000000711. The Hall–Kier alpha value is -1.04. The van der Waals surface area contributed by atoms with E-state index in [0.29, 0.717) is 5.69 Å². The molecule has 1 amide bonds. The number of hydrogen-bond acceptors (Lipinski definition) is 1. The van der Waals surface area contributed by atoms with Gasteiger partial charge in [0.05, 0.1) is 5.56 Å². The topological polar surface area (TPSA) is 29.1 Å². The first-order chi connectivity index (χ1) is 8.72. The number of alkyl halides is 3. The second-order valence-corrected chi connectivity index (χ2v) is 4.73. The maximum atomic E-state index is 12.3. The Bertz CT molecular complexity index is 417. The molecule has 0 radical (unpaired) electrons. The van der Waals surface area contributed by atoms with Crippen molar-refractivity contribution in [2.45, 2.75) is 39.8 Å². The molecule has 6 heteroatoms. The third-order valence-corrected chi connectivity index (χ3v) is 2.75. The Morgan fingerprint density at radius 1 is 1.26 bits per heavy atom. The van der Waals surface area contributed by atoms with Crippen LogP contribution in [0.15, 0.2) is 22.7 Å². The summed E-state index contributed by atoms with van der Waals surface area (Å²) in [5.41, 5.74) is -0.445. The van der Waals surface area contributed by atoms with Crippen molar-refractivity contribution in [2.75, 3.05) is 5.32 Å². The SMILES string of the molecule is CC(=O)Nc1ccc(C(F)(F)F)c(Br)c1.CCCC. The first-order valence-electron chi connectivity index (χ1n) is 5.86. The minimum atomic E-state index is -4.40. The molecule has 1 aromatic carbocycles. The van der Waals surface area contributed by atoms with E-state index in [1.807, 2.05) is 0 Å². The van der Waals surface area contributed by atoms with Crippen molar-refractivity contribution in [3.8, 4) is 0 Å². The summed E-state index contributed by atoms with van der Waals surface area (Å²) in [6.45, 7) is 5.64. The van der Waals surface area contributed by atoms with E-state index in [9.17, 15) is 18.0 Å². The molecule has 0 unspecified atom stereocenters. The number of halogens is 4. The molecule has 0 fully saturated rings. The number of nitrogens with one attached hydrogen (secondary N) is 1. The zero-order chi connectivity index (χ0) is 15.1. The van der Waals surface area contributed by atoms with E-state index < -0.39 is 11.7 Å². The van der Waals surface area contributed by atoms with Gasteiger partial charge in [-0.2, -0.15) is 13.2 Å². The predicted octanol–water partition coefficient (Wildman–Crippen LogP) is 5.23. The van der Waals surface area contributed by atoms with Crippen LogP contribution in [0.1, 0.15) is 39.2 Å². The van der Waals surface area contributed by atoms with Crippen molar-refractivity contribution in [2.24, 2.45) is 0 Å². The maximum Gasteiger partial charge on any atom is 0.417 e. The standard InChI is InChI=1S/C9H7BrF3NO.C4H10/c1-5(15)14-6-2-3-7(8(10)4-6)9(11,12)13;1-3-4-2/h2-4H,1H3,(H,14,15);3-4H2,1-2H3. The molecule has 1 aromatic rings. The van der Waals surface area contributed by atoms with Gasteiger partial charge in [0, 0.05) is 17.1 Å². The summed E-state index contributed by atoms with van der Waals surface area (Å²) in [4.78, 5) is 10.7. The van der Waals surface area contributed by atoms with Crippen LogP contribution in [0.3, 0.4) is 0 Å². The second-order valence-electron chi connectivity index (χ2n) is 3.87. The average Bonchev–Trinajstić information content (AvgIpc) is 2.26. The summed E-state index contributed by atoms with van der Waals surface area (Å²) in [6, 6.07) is 3.33. The first kappa shape index (κ1) is 18.0. The van der Waals surface area contributed by atoms with Gasteiger partial charge in [-0.05, 0) is 18.2 Å². The lowest BCUT2D eigenvalue weighted by Crippen LogP contribution is -2.09. The Labute approximate surface area is 119 Å². The van der Waals surface area contributed by atoms with Crippen LogP contribution in [0.2, 0.25) is 0 Å². The number of hydrogen-bond donors (Lipinski definition) is 1. The number of carbonyl (C=O) groups excluding carboxylic acids is 1. The van der Waals surface area contributed by atoms with Gasteiger partial charge in [-0.25, -0.2) is 0 Å². The van der Waals surface area contributed by atoms with Crippen LogP contribution < -0.4 is 5.32 Å². The minimum absolute atomic E-state index is 0.0961. The Kier molecular flexibility index (Phi) is 7.75. The van der Waals surface area contributed by atoms with Gasteiger partial charge in [0.15, 0.2) is 0 Å². The fraction of sp³-hybridized carbons (Fsp3) is 0.462. The van der Waals surface area contributed by atoms with Crippen molar-refractivity contribution >= 4 is 27.5 Å². The molecule has 0 bridgehead atoms. The van der Waals surface area contributed by atoms with Crippen LogP contribution in [0, 0.1) is 0 Å². The van der Waals surface area contributed by atoms with E-state index in [-0.39, 0.29) is 10.4 Å². The Morgan fingerprint density at radius 3 is 2.11 bits per heavy atom. The van der Waals surface area contributed by atoms with Gasteiger partial charge in [-0.15, -0.1) is 0 Å². The average molecular weight is 340 g/mol. The van der Waals surface area contributed by atoms with E-state index >= 15 is 0 Å². The van der Waals surface area contributed by atoms with Crippen LogP contribution in [-0.2, 0) is 11.0 Å². The van der Waals surface area contributed by atoms with E-state index in [0.717, 1.165) is 6.07 Å². The highest BCUT2D eigenvalue weighted by Crippen LogP contribution is 2.35. The molecule has 0 heterocycles. The number of amides is 1. The minimum Gasteiger partial charge on any atom is -0.326 e. The molecule has 108 valence electrons. The molecule has 0 aliphatic heterocycles. The van der Waals surface area contributed by atoms with Crippen LogP contribution >= 0.6 is 15.9 Å². The van der Waals surface area contributed by atoms with Gasteiger partial charge in [0.1, 0.15) is 0 Å². The zero-order valence-corrected chi connectivity index (χ0v) is 12.7. The third-order valence-electron chi connectivity index (χ3n) is 2.09. The van der Waals surface area contributed by atoms with Crippen molar-refractivity contribution in [3.05, 3.63) is 28.2 Å². The van der Waals surface area contributed by atoms with Gasteiger partial charge in [-0.3, -0.25) is 4.79 Å². The van der Waals surface area contributed by atoms with Gasteiger partial charge < -0.3 is 5.32 Å². The van der Waals surface area contributed by atoms with Crippen molar-refractivity contribution in [1.29, 1.82) is 0 Å². The number of benzene rings is 1. The summed E-state index contributed by atoms with van der Waals surface area (Å²) in [5, 5.41) is 2.39. The van der Waals surface area contributed by atoms with Gasteiger partial charge in [0.25, 0.3) is 0 Å². The predicted molar refractivity (Wildman–Crippen MR) is 74.0 cm³/mol. The lowest BCUT2D eigenvalue weighted by Gasteiger charge is -2.10. The quantitative estimate of drug-likeness (QED) is 0.784. The summed E-state index contributed by atoms with van der Waals surface area (Å²) in [6.07, 6.45) is -1.76. The highest BCUT2D eigenvalue weighted by Gasteiger charge is 2.32. The maximum absolute atomic E-state index is 12.3. The van der Waals surface area contributed by atoms with Crippen LogP contribution in [0.25, 0.3) is 0 Å². The fourth-order valence-corrected chi connectivity index (χ4v) is 1.63. The monoisotopic (exact) mass is 339 g/mol. The lowest BCUT2D eigenvalue weighted by atomic mass is 10.2. The largest absolute Gasteiger partial charge is 0.417 e. The molecule has 1 N–H and O–H groups in total. The van der Waals surface area contributed by atoms with Gasteiger partial charge >= 0.3 is 6.18 Å². The third kappa shape index (κ3) is 7.20. The zero-order valence-electron chi connectivity index (χ0n) is 11.1. The Morgan fingerprint density at radius 2 is 1.79 bits per heavy atom. The molecule has 0 atom stereocenters. The van der Waals surface area contributed by atoms with Gasteiger partial charge in [0.2, 0.25) is 5.91 Å². The summed E-state index contributed by atoms with van der Waals surface area (Å²) in [5.74, 6) is -0.332. The van der Waals surface area contributed by atoms with E-state index in [4.69, 9.17) is 0 Å². The van der Waals surface area contributed by atoms with Crippen LogP contribution in [-0.4, -0.2) is 5.91 Å². The molecule has 0 aromatic heterocycles. The molecular formula is C13H17BrF3NO. The summed E-state index contributed by atoms with van der Waals surface area (Å²) >= 11 is 2.80. The normalized spacial score (nSPS) is 10.5. The molecule has 1 rings (SSSR count). The van der Waals surface area contributed by atoms with E-state index in [1.165, 1.54) is 31.9 Å². The summed E-state index contributed by atoms with van der Waals surface area (Å²) < 4.78 is 36.9. The fourth-order valence-electron chi connectivity index (χ4n) is 1.03. The van der Waals surface area contributed by atoms with E-state index in [2.05, 4.69) is 35.1 Å². The highest BCUT2D eigenvalue weighted by molar-refractivity contribution is 9.10. The lowest BCUT2D eigenvalue weighted by molar-refractivity contribution is -0.138. The molecule has 2 nitrogen and oxygen atoms in total. The van der Waals surface area contributed by atoms with Crippen molar-refractivity contribution in [3.63, 3.8) is 0 Å². The molecule has 0 saturated carbocycles. The van der Waals surface area contributed by atoms with Crippen LogP contribution in [0.4, 0.5) is 18.9 Å². The van der Waals surface area contributed by atoms with Crippen LogP contribution in [0.5, 0.6) is 0 Å². The number of rotatable bonds is 2. The molecule has 19 heavy (non-hydrogen) atoms. The van der Waals surface area contributed by atoms with Gasteiger partial charge in [-0.1, -0.05) is 42.6 Å². The molecule has 0 spiro atoms. The highest BCUT2D eigenvalue weighted by atomic mass is 79.9. The van der Waals surface area contributed by atoms with Crippen molar-refractivity contribution in [1.82, 2.24) is 0 Å². The molecular weight excluding hydrogens is 323 g/mol. The number of unbranched alkanes of at least 4 members (excludes halogenated alkanes) is 1. The molecule has 0 aliphatic rings. The smallest absolute Gasteiger partial charge is 0.326 e. The van der Waals surface area contributed by atoms with Crippen molar-refractivity contribution < 1.29 is 18.0 Å². The number of anilines is 1. The van der Waals surface area contributed by atoms with E-state index in [1.54, 1.807) is 0 Å². The summed E-state index contributed by atoms with van der Waals surface area (Å²) in [7, 11) is 0.